The fourth-order valence-electron chi connectivity index (χ4n) is 2.16. The van der Waals surface area contributed by atoms with Gasteiger partial charge in [0.1, 0.15) is 12.4 Å². The first-order valence-electron chi connectivity index (χ1n) is 7.91. The van der Waals surface area contributed by atoms with Gasteiger partial charge in [0.15, 0.2) is 5.96 Å². The molecule has 0 saturated carbocycles. The second-order valence-electron chi connectivity index (χ2n) is 5.31. The van der Waals surface area contributed by atoms with Gasteiger partial charge in [-0.1, -0.05) is 18.2 Å². The van der Waals surface area contributed by atoms with Crippen LogP contribution in [0.25, 0.3) is 0 Å². The number of benzene rings is 1. The molecular weight excluding hydrogens is 449 g/mol. The van der Waals surface area contributed by atoms with Gasteiger partial charge in [0.05, 0.1) is 13.2 Å². The van der Waals surface area contributed by atoms with Crippen molar-refractivity contribution in [2.45, 2.75) is 20.0 Å². The lowest BCUT2D eigenvalue weighted by atomic mass is 10.1. The number of ether oxygens (including phenoxy) is 2. The predicted octanol–water partition coefficient (Wildman–Crippen LogP) is 3.56. The molecule has 5 nitrogen and oxygen atoms in total. The van der Waals surface area contributed by atoms with E-state index in [1.165, 1.54) is 10.4 Å². The van der Waals surface area contributed by atoms with Crippen LogP contribution in [0.5, 0.6) is 5.75 Å². The average molecular weight is 475 g/mol. The summed E-state index contributed by atoms with van der Waals surface area (Å²) >= 11 is 1.73. The van der Waals surface area contributed by atoms with Crippen LogP contribution in [-0.2, 0) is 17.8 Å². The van der Waals surface area contributed by atoms with Crippen LogP contribution in [0, 0.1) is 6.92 Å². The fraction of sp³-hybridized carbons (Fsp3) is 0.389. The van der Waals surface area contributed by atoms with Gasteiger partial charge in [-0.15, -0.1) is 35.3 Å². The van der Waals surface area contributed by atoms with Crippen molar-refractivity contribution in [3.63, 3.8) is 0 Å². The molecule has 1 heterocycles. The summed E-state index contributed by atoms with van der Waals surface area (Å²) in [4.78, 5) is 5.54. The van der Waals surface area contributed by atoms with Gasteiger partial charge in [0.2, 0.25) is 0 Å². The zero-order chi connectivity index (χ0) is 17.2. The minimum atomic E-state index is 0. The van der Waals surface area contributed by atoms with E-state index in [4.69, 9.17) is 9.47 Å². The summed E-state index contributed by atoms with van der Waals surface area (Å²) in [6.45, 7) is 4.58. The summed E-state index contributed by atoms with van der Waals surface area (Å²) in [5, 5.41) is 8.72. The van der Waals surface area contributed by atoms with Crippen molar-refractivity contribution in [1.29, 1.82) is 0 Å². The molecule has 0 aliphatic heterocycles. The maximum absolute atomic E-state index is 5.82. The van der Waals surface area contributed by atoms with Crippen LogP contribution in [0.1, 0.15) is 16.0 Å². The molecule has 2 rings (SSSR count). The summed E-state index contributed by atoms with van der Waals surface area (Å²) in [6, 6.07) is 10.4. The number of nitrogens with zero attached hydrogens (tertiary/aromatic N) is 1. The van der Waals surface area contributed by atoms with Gasteiger partial charge >= 0.3 is 0 Å². The van der Waals surface area contributed by atoms with Gasteiger partial charge in [0, 0.05) is 31.1 Å². The van der Waals surface area contributed by atoms with Crippen molar-refractivity contribution in [3.8, 4) is 5.75 Å². The number of aliphatic imine (C=N–C) groups is 1. The average Bonchev–Trinajstić information content (AvgIpc) is 3.10. The Hall–Kier alpha value is -1.32. The molecule has 1 aromatic heterocycles. The van der Waals surface area contributed by atoms with Crippen molar-refractivity contribution in [1.82, 2.24) is 10.6 Å². The molecule has 2 aromatic rings. The van der Waals surface area contributed by atoms with Crippen LogP contribution in [-0.4, -0.2) is 33.3 Å². The summed E-state index contributed by atoms with van der Waals surface area (Å²) in [6.07, 6.45) is 0. The molecule has 7 heteroatoms. The van der Waals surface area contributed by atoms with Crippen LogP contribution in [0.4, 0.5) is 0 Å². The molecule has 25 heavy (non-hydrogen) atoms. The number of guanidine groups is 1. The second-order valence-corrected chi connectivity index (χ2v) is 6.34. The lowest BCUT2D eigenvalue weighted by molar-refractivity contribution is 0.145. The number of methoxy groups -OCH3 is 1. The Bertz CT molecular complexity index is 648. The maximum Gasteiger partial charge on any atom is 0.191 e. The number of hydrogen-bond acceptors (Lipinski definition) is 4. The lowest BCUT2D eigenvalue weighted by Crippen LogP contribution is -2.36. The molecular formula is C18H26IN3O2S. The highest BCUT2D eigenvalue weighted by atomic mass is 127. The Morgan fingerprint density at radius 2 is 1.96 bits per heavy atom. The van der Waals surface area contributed by atoms with E-state index in [0.717, 1.165) is 23.8 Å². The van der Waals surface area contributed by atoms with E-state index >= 15 is 0 Å². The van der Waals surface area contributed by atoms with Gasteiger partial charge in [-0.2, -0.15) is 0 Å². The van der Waals surface area contributed by atoms with E-state index in [2.05, 4.69) is 52.2 Å². The zero-order valence-electron chi connectivity index (χ0n) is 14.9. The highest BCUT2D eigenvalue weighted by molar-refractivity contribution is 14.0. The molecule has 0 atom stereocenters. The first-order chi connectivity index (χ1) is 11.7. The Balaban J connectivity index is 0.00000312. The molecule has 0 fully saturated rings. The molecule has 2 N–H and O–H groups in total. The van der Waals surface area contributed by atoms with Crippen LogP contribution < -0.4 is 15.4 Å². The van der Waals surface area contributed by atoms with E-state index in [1.54, 1.807) is 25.5 Å². The topological polar surface area (TPSA) is 54.9 Å². The quantitative estimate of drug-likeness (QED) is 0.265. The van der Waals surface area contributed by atoms with Gasteiger partial charge in [-0.25, -0.2) is 0 Å². The minimum Gasteiger partial charge on any atom is -0.491 e. The summed E-state index contributed by atoms with van der Waals surface area (Å²) in [5.74, 6) is 1.65. The van der Waals surface area contributed by atoms with Crippen LogP contribution in [0.3, 0.4) is 0 Å². The SMILES string of the molecule is CN=C(NCc1cccs1)NCc1ccc(C)cc1OCCOC.I. The van der Waals surface area contributed by atoms with Crippen molar-refractivity contribution in [2.24, 2.45) is 4.99 Å². The van der Waals surface area contributed by atoms with E-state index in [-0.39, 0.29) is 24.0 Å². The second kappa shape index (κ2) is 12.1. The lowest BCUT2D eigenvalue weighted by Gasteiger charge is -2.15. The molecule has 0 radical (unpaired) electrons. The van der Waals surface area contributed by atoms with E-state index in [9.17, 15) is 0 Å². The van der Waals surface area contributed by atoms with Crippen molar-refractivity contribution >= 4 is 41.3 Å². The normalized spacial score (nSPS) is 10.9. The standard InChI is InChI=1S/C18H25N3O2S.HI/c1-14-6-7-15(17(11-14)23-9-8-22-3)12-20-18(19-2)21-13-16-5-4-10-24-16;/h4-7,10-11H,8-9,12-13H2,1-3H3,(H2,19,20,21);1H. The number of aryl methyl sites for hydroxylation is 1. The molecule has 0 aliphatic rings. The zero-order valence-corrected chi connectivity index (χ0v) is 18.0. The Kier molecular flexibility index (Phi) is 10.5. The van der Waals surface area contributed by atoms with Gasteiger partial charge in [-0.3, -0.25) is 4.99 Å². The third-order valence-corrected chi connectivity index (χ3v) is 4.32. The number of thiophene rings is 1. The van der Waals surface area contributed by atoms with Crippen molar-refractivity contribution in [3.05, 3.63) is 51.7 Å². The molecule has 0 amide bonds. The number of hydrogen-bond donors (Lipinski definition) is 2. The van der Waals surface area contributed by atoms with Gasteiger partial charge in [0.25, 0.3) is 0 Å². The molecule has 1 aromatic carbocycles. The minimum absolute atomic E-state index is 0. The third-order valence-electron chi connectivity index (χ3n) is 3.45. The third kappa shape index (κ3) is 7.62. The largest absolute Gasteiger partial charge is 0.491 e. The first-order valence-corrected chi connectivity index (χ1v) is 8.79. The molecule has 0 bridgehead atoms. The number of halogens is 1. The molecule has 138 valence electrons. The summed E-state index contributed by atoms with van der Waals surface area (Å²) in [7, 11) is 3.44. The van der Waals surface area contributed by atoms with Crippen LogP contribution >= 0.6 is 35.3 Å². The Labute approximate surface area is 170 Å². The number of nitrogens with one attached hydrogen (secondary N) is 2. The van der Waals surface area contributed by atoms with E-state index in [0.29, 0.717) is 19.8 Å². The Morgan fingerprint density at radius 1 is 1.16 bits per heavy atom. The van der Waals surface area contributed by atoms with Gasteiger partial charge < -0.3 is 20.1 Å². The monoisotopic (exact) mass is 475 g/mol. The highest BCUT2D eigenvalue weighted by Crippen LogP contribution is 2.20. The molecule has 0 aliphatic carbocycles. The van der Waals surface area contributed by atoms with Crippen molar-refractivity contribution in [2.75, 3.05) is 27.4 Å². The maximum atomic E-state index is 5.82. The van der Waals surface area contributed by atoms with E-state index in [1.807, 2.05) is 6.07 Å². The fourth-order valence-corrected chi connectivity index (χ4v) is 2.81. The summed E-state index contributed by atoms with van der Waals surface area (Å²) < 4.78 is 10.9. The Morgan fingerprint density at radius 3 is 2.64 bits per heavy atom. The molecule has 0 spiro atoms. The van der Waals surface area contributed by atoms with Gasteiger partial charge in [-0.05, 0) is 30.0 Å². The van der Waals surface area contributed by atoms with Crippen LogP contribution in [0.2, 0.25) is 0 Å². The molecule has 0 unspecified atom stereocenters. The van der Waals surface area contributed by atoms with Crippen molar-refractivity contribution < 1.29 is 9.47 Å². The highest BCUT2D eigenvalue weighted by Gasteiger charge is 2.06. The molecule has 0 saturated heterocycles. The first kappa shape index (κ1) is 21.7. The van der Waals surface area contributed by atoms with E-state index < -0.39 is 0 Å². The predicted molar refractivity (Wildman–Crippen MR) is 115 cm³/mol. The summed E-state index contributed by atoms with van der Waals surface area (Å²) in [5.41, 5.74) is 2.27. The number of rotatable bonds is 8. The smallest absolute Gasteiger partial charge is 0.191 e. The van der Waals surface area contributed by atoms with Crippen LogP contribution in [0.15, 0.2) is 40.7 Å².